The highest BCUT2D eigenvalue weighted by Gasteiger charge is 2.14. The third kappa shape index (κ3) is 4.73. The highest BCUT2D eigenvalue weighted by atomic mass is 32.1. The average molecular weight is 407 g/mol. The van der Waals surface area contributed by atoms with Crippen LogP contribution in [0.2, 0.25) is 0 Å². The fourth-order valence-corrected chi connectivity index (χ4v) is 3.53. The first-order valence-electron chi connectivity index (χ1n) is 8.38. The summed E-state index contributed by atoms with van der Waals surface area (Å²) >= 11 is 1.11. The Bertz CT molecular complexity index is 976. The van der Waals surface area contributed by atoms with Gasteiger partial charge >= 0.3 is 11.5 Å². The number of halogens is 2. The van der Waals surface area contributed by atoms with Gasteiger partial charge in [0.05, 0.1) is 25.2 Å². The van der Waals surface area contributed by atoms with Crippen LogP contribution in [0.4, 0.5) is 8.78 Å². The van der Waals surface area contributed by atoms with Crippen molar-refractivity contribution < 1.29 is 18.3 Å². The zero-order valence-corrected chi connectivity index (χ0v) is 16.2. The number of hydrogen-bond acceptors (Lipinski definition) is 6. The number of pyridine rings is 1. The number of aromatic nitrogens is 2. The molecule has 148 valence electrons. The van der Waals surface area contributed by atoms with Crippen LogP contribution >= 0.6 is 11.3 Å². The fraction of sp³-hybridized carbons (Fsp3) is 0.263. The molecule has 0 unspecified atom stereocenters. The van der Waals surface area contributed by atoms with Crippen molar-refractivity contribution in [3.05, 3.63) is 63.2 Å². The van der Waals surface area contributed by atoms with Crippen LogP contribution in [0.1, 0.15) is 5.56 Å². The smallest absolute Gasteiger partial charge is 0.387 e. The van der Waals surface area contributed by atoms with Gasteiger partial charge in [0.2, 0.25) is 0 Å². The lowest BCUT2D eigenvalue weighted by atomic mass is 10.2. The predicted molar refractivity (Wildman–Crippen MR) is 103 cm³/mol. The normalized spacial score (nSPS) is 11.2. The van der Waals surface area contributed by atoms with Gasteiger partial charge in [0.25, 0.3) is 0 Å². The van der Waals surface area contributed by atoms with E-state index < -0.39 is 6.61 Å². The van der Waals surface area contributed by atoms with E-state index in [-0.39, 0.29) is 16.4 Å². The molecule has 0 aliphatic carbocycles. The number of benzene rings is 1. The second-order valence-electron chi connectivity index (χ2n) is 6.05. The molecule has 0 saturated heterocycles. The molecule has 28 heavy (non-hydrogen) atoms. The molecule has 0 radical (unpaired) electrons. The summed E-state index contributed by atoms with van der Waals surface area (Å²) in [6, 6.07) is 10.4. The number of nitrogens with zero attached hydrogens (tertiary/aromatic N) is 3. The molecular weight excluding hydrogens is 388 g/mol. The maximum absolute atomic E-state index is 12.6. The minimum absolute atomic E-state index is 0.0229. The van der Waals surface area contributed by atoms with E-state index in [0.717, 1.165) is 22.6 Å². The van der Waals surface area contributed by atoms with Crippen molar-refractivity contribution in [2.75, 3.05) is 14.2 Å². The Morgan fingerprint density at radius 3 is 2.75 bits per heavy atom. The zero-order chi connectivity index (χ0) is 20.1. The van der Waals surface area contributed by atoms with E-state index in [4.69, 9.17) is 4.74 Å². The van der Waals surface area contributed by atoms with E-state index in [1.165, 1.54) is 13.2 Å². The molecule has 0 fully saturated rings. The van der Waals surface area contributed by atoms with E-state index in [1.54, 1.807) is 28.3 Å². The van der Waals surface area contributed by atoms with E-state index in [0.29, 0.717) is 18.9 Å². The zero-order valence-electron chi connectivity index (χ0n) is 15.3. The van der Waals surface area contributed by atoms with Gasteiger partial charge in [-0.15, -0.1) is 0 Å². The number of rotatable bonds is 8. The summed E-state index contributed by atoms with van der Waals surface area (Å²) in [5.41, 5.74) is 2.20. The standard InChI is InChI=1S/C19H19F2N3O3S/c1-23(10-13-6-7-16(26-2)17(9-13)27-18(20)21)12-24-15(11-28-19(24)25)14-5-3-4-8-22-14/h3-9,11,18H,10,12H2,1-2H3. The van der Waals surface area contributed by atoms with Crippen LogP contribution < -0.4 is 14.3 Å². The molecule has 0 bridgehead atoms. The molecule has 0 spiro atoms. The quantitative estimate of drug-likeness (QED) is 0.570. The molecule has 0 aliphatic rings. The summed E-state index contributed by atoms with van der Waals surface area (Å²) in [5, 5.41) is 1.78. The minimum Gasteiger partial charge on any atom is -0.493 e. The highest BCUT2D eigenvalue weighted by molar-refractivity contribution is 7.07. The van der Waals surface area contributed by atoms with Crippen molar-refractivity contribution in [3.63, 3.8) is 0 Å². The van der Waals surface area contributed by atoms with Crippen LogP contribution in [0.3, 0.4) is 0 Å². The van der Waals surface area contributed by atoms with Crippen LogP contribution in [-0.2, 0) is 13.2 Å². The van der Waals surface area contributed by atoms with Crippen molar-refractivity contribution in [2.45, 2.75) is 19.8 Å². The molecule has 2 heterocycles. The van der Waals surface area contributed by atoms with Gasteiger partial charge < -0.3 is 9.47 Å². The summed E-state index contributed by atoms with van der Waals surface area (Å²) < 4.78 is 36.4. The second-order valence-corrected chi connectivity index (χ2v) is 6.87. The van der Waals surface area contributed by atoms with Gasteiger partial charge in [-0.25, -0.2) is 0 Å². The number of hydrogen-bond donors (Lipinski definition) is 0. The van der Waals surface area contributed by atoms with Gasteiger partial charge in [-0.2, -0.15) is 8.78 Å². The van der Waals surface area contributed by atoms with Crippen LogP contribution in [0, 0.1) is 0 Å². The molecule has 0 aliphatic heterocycles. The fourth-order valence-electron chi connectivity index (χ4n) is 2.79. The molecule has 1 aromatic carbocycles. The first kappa shape index (κ1) is 20.0. The lowest BCUT2D eigenvalue weighted by Crippen LogP contribution is -2.27. The van der Waals surface area contributed by atoms with Gasteiger partial charge in [-0.05, 0) is 36.9 Å². The number of ether oxygens (including phenoxy) is 2. The molecule has 0 amide bonds. The highest BCUT2D eigenvalue weighted by Crippen LogP contribution is 2.30. The number of methoxy groups -OCH3 is 1. The van der Waals surface area contributed by atoms with Gasteiger partial charge in [0.1, 0.15) is 0 Å². The summed E-state index contributed by atoms with van der Waals surface area (Å²) in [6.45, 7) is -2.19. The summed E-state index contributed by atoms with van der Waals surface area (Å²) in [7, 11) is 3.23. The summed E-state index contributed by atoms with van der Waals surface area (Å²) in [6.07, 6.45) is 1.67. The Morgan fingerprint density at radius 2 is 2.07 bits per heavy atom. The monoisotopic (exact) mass is 407 g/mol. The van der Waals surface area contributed by atoms with Crippen molar-refractivity contribution in [3.8, 4) is 22.9 Å². The lowest BCUT2D eigenvalue weighted by molar-refractivity contribution is -0.0512. The SMILES string of the molecule is COc1ccc(CN(C)Cn2c(-c3ccccn3)csc2=O)cc1OC(F)F. The third-order valence-electron chi connectivity index (χ3n) is 3.99. The molecule has 0 atom stereocenters. The maximum atomic E-state index is 12.6. The Kier molecular flexibility index (Phi) is 6.37. The Labute approximate surface area is 164 Å². The molecule has 2 aromatic heterocycles. The van der Waals surface area contributed by atoms with Gasteiger partial charge in [-0.3, -0.25) is 19.2 Å². The first-order valence-corrected chi connectivity index (χ1v) is 9.26. The maximum Gasteiger partial charge on any atom is 0.387 e. The molecule has 0 N–H and O–H groups in total. The molecular formula is C19H19F2N3O3S. The van der Waals surface area contributed by atoms with E-state index in [1.807, 2.05) is 30.1 Å². The largest absolute Gasteiger partial charge is 0.493 e. The predicted octanol–water partition coefficient (Wildman–Crippen LogP) is 3.67. The second kappa shape index (κ2) is 8.94. The van der Waals surface area contributed by atoms with Crippen LogP contribution in [0.5, 0.6) is 11.5 Å². The molecule has 6 nitrogen and oxygen atoms in total. The summed E-state index contributed by atoms with van der Waals surface area (Å²) in [4.78, 5) is 18.4. The third-order valence-corrected chi connectivity index (χ3v) is 4.75. The van der Waals surface area contributed by atoms with Crippen molar-refractivity contribution in [1.82, 2.24) is 14.5 Å². The van der Waals surface area contributed by atoms with E-state index in [2.05, 4.69) is 9.72 Å². The molecule has 3 rings (SSSR count). The Morgan fingerprint density at radius 1 is 1.25 bits per heavy atom. The average Bonchev–Trinajstić information content (AvgIpc) is 3.02. The minimum atomic E-state index is -2.94. The summed E-state index contributed by atoms with van der Waals surface area (Å²) in [5.74, 6) is 0.212. The number of thiazole rings is 1. The lowest BCUT2D eigenvalue weighted by Gasteiger charge is -2.19. The van der Waals surface area contributed by atoms with Gasteiger partial charge in [0.15, 0.2) is 11.5 Å². The van der Waals surface area contributed by atoms with E-state index in [9.17, 15) is 13.6 Å². The van der Waals surface area contributed by atoms with Crippen LogP contribution in [-0.4, -0.2) is 35.2 Å². The number of alkyl halides is 2. The van der Waals surface area contributed by atoms with Crippen molar-refractivity contribution in [2.24, 2.45) is 0 Å². The van der Waals surface area contributed by atoms with Crippen LogP contribution in [0.15, 0.2) is 52.8 Å². The van der Waals surface area contributed by atoms with Crippen LogP contribution in [0.25, 0.3) is 11.4 Å². The van der Waals surface area contributed by atoms with Gasteiger partial charge in [0, 0.05) is 18.1 Å². The Balaban J connectivity index is 1.77. The molecule has 9 heteroatoms. The Hall–Kier alpha value is -2.78. The van der Waals surface area contributed by atoms with Crippen molar-refractivity contribution in [1.29, 1.82) is 0 Å². The molecule has 3 aromatic rings. The van der Waals surface area contributed by atoms with Gasteiger partial charge in [-0.1, -0.05) is 23.5 Å². The van der Waals surface area contributed by atoms with Crippen molar-refractivity contribution >= 4 is 11.3 Å². The molecule has 0 saturated carbocycles. The first-order chi connectivity index (χ1) is 13.5. The topological polar surface area (TPSA) is 56.6 Å². The van der Waals surface area contributed by atoms with E-state index >= 15 is 0 Å².